The van der Waals surface area contributed by atoms with E-state index in [0.717, 1.165) is 18.6 Å². The summed E-state index contributed by atoms with van der Waals surface area (Å²) in [4.78, 5) is 22.1. The Kier molecular flexibility index (Phi) is 6.59. The van der Waals surface area contributed by atoms with Crippen LogP contribution in [0.25, 0.3) is 0 Å². The number of nitrogens with zero attached hydrogens (tertiary/aromatic N) is 2. The summed E-state index contributed by atoms with van der Waals surface area (Å²) in [6.07, 6.45) is 4.96. The first kappa shape index (κ1) is 23.8. The van der Waals surface area contributed by atoms with Gasteiger partial charge in [0.1, 0.15) is 23.3 Å². The largest absolute Gasteiger partial charge is 0.490 e. The van der Waals surface area contributed by atoms with E-state index in [-0.39, 0.29) is 23.3 Å². The van der Waals surface area contributed by atoms with Gasteiger partial charge in [-0.15, -0.1) is 10.2 Å². The maximum Gasteiger partial charge on any atom is 0.404 e. The van der Waals surface area contributed by atoms with Crippen molar-refractivity contribution in [1.82, 2.24) is 15.5 Å². The molecule has 8 nitrogen and oxygen atoms in total. The summed E-state index contributed by atoms with van der Waals surface area (Å²) >= 11 is 0. The lowest BCUT2D eigenvalue weighted by atomic mass is 9.73. The highest BCUT2D eigenvalue weighted by atomic mass is 16.5. The van der Waals surface area contributed by atoms with Gasteiger partial charge in [-0.1, -0.05) is 37.1 Å². The average Bonchev–Trinajstić information content (AvgIpc) is 3.35. The molecule has 186 valence electrons. The predicted molar refractivity (Wildman–Crippen MR) is 133 cm³/mol. The molecule has 0 radical (unpaired) electrons. The molecule has 2 aromatic carbocycles. The Morgan fingerprint density at radius 1 is 0.889 bits per heavy atom. The minimum atomic E-state index is -0.985. The van der Waals surface area contributed by atoms with Crippen LogP contribution in [0.4, 0.5) is 4.79 Å². The molecule has 2 N–H and O–H groups in total. The predicted octanol–water partition coefficient (Wildman–Crippen LogP) is 5.51. The molecule has 0 atom stereocenters. The maximum atomic E-state index is 11.4. The number of ketones is 1. The quantitative estimate of drug-likeness (QED) is 0.403. The molecule has 3 aromatic rings. The first-order valence-corrected chi connectivity index (χ1v) is 12.3. The number of hydrogen-bond acceptors (Lipinski definition) is 6. The lowest BCUT2D eigenvalue weighted by Crippen LogP contribution is -2.48. The highest BCUT2D eigenvalue weighted by Crippen LogP contribution is 2.47. The summed E-state index contributed by atoms with van der Waals surface area (Å²) in [6.45, 7) is 1.45. The Morgan fingerprint density at radius 3 is 2.03 bits per heavy atom. The van der Waals surface area contributed by atoms with Crippen molar-refractivity contribution in [2.24, 2.45) is 0 Å². The second-order valence-corrected chi connectivity index (χ2v) is 9.61. The van der Waals surface area contributed by atoms with E-state index in [4.69, 9.17) is 14.6 Å². The number of carbonyl (C=O) groups excluding carboxylic acids is 1. The molecule has 2 aliphatic carbocycles. The molecule has 0 aliphatic heterocycles. The fourth-order valence-electron chi connectivity index (χ4n) is 5.25. The van der Waals surface area contributed by atoms with Crippen molar-refractivity contribution in [3.8, 4) is 17.4 Å². The van der Waals surface area contributed by atoms with Crippen LogP contribution in [0.3, 0.4) is 0 Å². The minimum absolute atomic E-state index is 0.0209. The molecule has 2 aliphatic rings. The van der Waals surface area contributed by atoms with Gasteiger partial charge in [-0.3, -0.25) is 4.79 Å². The number of nitrogens with one attached hydrogen (secondary N) is 1. The Hall–Kier alpha value is -3.94. The maximum absolute atomic E-state index is 11.4. The van der Waals surface area contributed by atoms with Gasteiger partial charge in [0.05, 0.1) is 0 Å². The summed E-state index contributed by atoms with van der Waals surface area (Å²) in [6, 6.07) is 19.7. The monoisotopic (exact) mass is 487 g/mol. The average molecular weight is 488 g/mol. The summed E-state index contributed by atoms with van der Waals surface area (Å²) in [7, 11) is 0. The van der Waals surface area contributed by atoms with Crippen LogP contribution in [-0.4, -0.2) is 39.3 Å². The number of rotatable bonds is 8. The fourth-order valence-corrected chi connectivity index (χ4v) is 5.25. The summed E-state index contributed by atoms with van der Waals surface area (Å²) < 4.78 is 11.9. The van der Waals surface area contributed by atoms with E-state index >= 15 is 0 Å². The van der Waals surface area contributed by atoms with Crippen LogP contribution in [0, 0.1) is 0 Å². The Morgan fingerprint density at radius 2 is 1.50 bits per heavy atom. The highest BCUT2D eigenvalue weighted by Gasteiger charge is 2.37. The van der Waals surface area contributed by atoms with Gasteiger partial charge in [0.25, 0.3) is 0 Å². The van der Waals surface area contributed by atoms with E-state index < -0.39 is 6.09 Å². The SMILES string of the molecule is CC(=O)c1ccc(Oc2ccc(C3(c4ccc(O[C@H]5C[C@H](NC(=O)O)C5)cc4)CCCC3)cc2)nn1. The normalized spacial score (nSPS) is 20.2. The number of carbonyl (C=O) groups is 2. The van der Waals surface area contributed by atoms with Gasteiger partial charge in [-0.2, -0.15) is 0 Å². The van der Waals surface area contributed by atoms with Crippen molar-refractivity contribution in [1.29, 1.82) is 0 Å². The fraction of sp³-hybridized carbons (Fsp3) is 0.357. The van der Waals surface area contributed by atoms with E-state index in [0.29, 0.717) is 30.2 Å². The number of hydrogen-bond donors (Lipinski definition) is 2. The Balaban J connectivity index is 1.26. The zero-order valence-corrected chi connectivity index (χ0v) is 20.1. The molecule has 2 fully saturated rings. The number of Topliss-reactive ketones (excluding diaryl/α,β-unsaturated/α-hetero) is 1. The van der Waals surface area contributed by atoms with Crippen molar-refractivity contribution in [2.75, 3.05) is 0 Å². The molecular formula is C28H29N3O5. The van der Waals surface area contributed by atoms with Crippen molar-refractivity contribution < 1.29 is 24.2 Å². The number of ether oxygens (including phenoxy) is 2. The molecular weight excluding hydrogens is 458 g/mol. The molecule has 0 bridgehead atoms. The Labute approximate surface area is 209 Å². The molecule has 2 saturated carbocycles. The summed E-state index contributed by atoms with van der Waals surface area (Å²) in [5.41, 5.74) is 2.78. The van der Waals surface area contributed by atoms with Gasteiger partial charge in [0, 0.05) is 37.3 Å². The Bertz CT molecular complexity index is 1210. The topological polar surface area (TPSA) is 111 Å². The third-order valence-corrected chi connectivity index (χ3v) is 7.22. The van der Waals surface area contributed by atoms with E-state index in [1.54, 1.807) is 12.1 Å². The van der Waals surface area contributed by atoms with E-state index in [2.05, 4.69) is 39.8 Å². The van der Waals surface area contributed by atoms with E-state index in [9.17, 15) is 9.59 Å². The molecule has 0 spiro atoms. The van der Waals surface area contributed by atoms with E-state index in [1.165, 1.54) is 30.9 Å². The van der Waals surface area contributed by atoms with Crippen LogP contribution in [0.15, 0.2) is 60.7 Å². The molecule has 0 saturated heterocycles. The zero-order chi connectivity index (χ0) is 25.1. The summed E-state index contributed by atoms with van der Waals surface area (Å²) in [5.74, 6) is 1.68. The first-order valence-electron chi connectivity index (χ1n) is 12.3. The van der Waals surface area contributed by atoms with Crippen LogP contribution >= 0.6 is 0 Å². The van der Waals surface area contributed by atoms with Crippen molar-refractivity contribution in [3.63, 3.8) is 0 Å². The lowest BCUT2D eigenvalue weighted by Gasteiger charge is -2.35. The van der Waals surface area contributed by atoms with Gasteiger partial charge < -0.3 is 19.9 Å². The smallest absolute Gasteiger partial charge is 0.404 e. The number of amides is 1. The van der Waals surface area contributed by atoms with Crippen LogP contribution in [0.5, 0.6) is 17.4 Å². The van der Waals surface area contributed by atoms with Crippen molar-refractivity contribution in [2.45, 2.75) is 63.0 Å². The van der Waals surface area contributed by atoms with Crippen LogP contribution in [0.1, 0.15) is 67.1 Å². The molecule has 1 aromatic heterocycles. The molecule has 0 unspecified atom stereocenters. The second-order valence-electron chi connectivity index (χ2n) is 9.61. The van der Waals surface area contributed by atoms with Crippen molar-refractivity contribution in [3.05, 3.63) is 77.5 Å². The third kappa shape index (κ3) is 5.03. The summed E-state index contributed by atoms with van der Waals surface area (Å²) in [5, 5.41) is 19.2. The molecule has 36 heavy (non-hydrogen) atoms. The van der Waals surface area contributed by atoms with Gasteiger partial charge in [0.15, 0.2) is 5.78 Å². The number of carboxylic acid groups (broad SMARTS) is 1. The number of aromatic nitrogens is 2. The zero-order valence-electron chi connectivity index (χ0n) is 20.1. The standard InChI is InChI=1S/C28H29N3O5/c1-18(32)25-12-13-26(31-30-25)36-23-10-6-20(7-11-23)28(14-2-3-15-28)19-4-8-22(9-5-19)35-24-16-21(17-24)29-27(33)34/h4-13,21,24,29H,2-3,14-17H2,1H3,(H,33,34)/t21-,24-. The van der Waals surface area contributed by atoms with Crippen LogP contribution in [0.2, 0.25) is 0 Å². The van der Waals surface area contributed by atoms with Gasteiger partial charge in [0.2, 0.25) is 5.88 Å². The first-order chi connectivity index (χ1) is 17.4. The van der Waals surface area contributed by atoms with Crippen LogP contribution in [-0.2, 0) is 5.41 Å². The van der Waals surface area contributed by atoms with Crippen LogP contribution < -0.4 is 14.8 Å². The van der Waals surface area contributed by atoms with Gasteiger partial charge >= 0.3 is 6.09 Å². The minimum Gasteiger partial charge on any atom is -0.490 e. The number of benzene rings is 2. The highest BCUT2D eigenvalue weighted by molar-refractivity contribution is 5.91. The second kappa shape index (κ2) is 9.97. The third-order valence-electron chi connectivity index (χ3n) is 7.22. The van der Waals surface area contributed by atoms with Crippen molar-refractivity contribution >= 4 is 11.9 Å². The molecule has 8 heteroatoms. The van der Waals surface area contributed by atoms with E-state index in [1.807, 2.05) is 24.3 Å². The van der Waals surface area contributed by atoms with Gasteiger partial charge in [-0.25, -0.2) is 4.79 Å². The lowest BCUT2D eigenvalue weighted by molar-refractivity contribution is 0.0833. The molecule has 1 amide bonds. The van der Waals surface area contributed by atoms with Gasteiger partial charge in [-0.05, 0) is 54.3 Å². The molecule has 5 rings (SSSR count). The molecule has 1 heterocycles.